The standard InChI is InChI=1S/C8H16NO/c1-8(6-9-2)4-3-5-10-7-8/h3-7H2,1-2H3/q-1. The average Bonchev–Trinajstić information content (AvgIpc) is 1.89. The lowest BCUT2D eigenvalue weighted by Gasteiger charge is -2.38. The van der Waals surface area contributed by atoms with E-state index >= 15 is 0 Å². The van der Waals surface area contributed by atoms with Gasteiger partial charge in [-0.1, -0.05) is 6.92 Å². The van der Waals surface area contributed by atoms with E-state index in [4.69, 9.17) is 4.74 Å². The molecule has 1 rings (SSSR count). The zero-order valence-electron chi connectivity index (χ0n) is 6.89. The van der Waals surface area contributed by atoms with Gasteiger partial charge in [0.15, 0.2) is 0 Å². The molecule has 10 heavy (non-hydrogen) atoms. The Morgan fingerprint density at radius 1 is 1.60 bits per heavy atom. The van der Waals surface area contributed by atoms with Crippen LogP contribution in [0.15, 0.2) is 0 Å². The van der Waals surface area contributed by atoms with Crippen LogP contribution in [0.1, 0.15) is 19.8 Å². The van der Waals surface area contributed by atoms with Crippen LogP contribution in [-0.4, -0.2) is 26.8 Å². The highest BCUT2D eigenvalue weighted by Crippen LogP contribution is 2.28. The van der Waals surface area contributed by atoms with Crippen LogP contribution >= 0.6 is 0 Å². The maximum absolute atomic E-state index is 5.38. The number of ether oxygens (including phenoxy) is 1. The summed E-state index contributed by atoms with van der Waals surface area (Å²) in [5.74, 6) is 0. The molecular formula is C8H16NO-. The normalized spacial score (nSPS) is 34.2. The third kappa shape index (κ3) is 1.96. The van der Waals surface area contributed by atoms with Crippen molar-refractivity contribution in [2.24, 2.45) is 5.41 Å². The molecule has 1 unspecified atom stereocenters. The fraction of sp³-hybridized carbons (Fsp3) is 1.00. The van der Waals surface area contributed by atoms with Crippen molar-refractivity contribution in [2.75, 3.05) is 26.8 Å². The first-order valence-corrected chi connectivity index (χ1v) is 3.90. The van der Waals surface area contributed by atoms with Crippen molar-refractivity contribution in [1.82, 2.24) is 0 Å². The van der Waals surface area contributed by atoms with Gasteiger partial charge < -0.3 is 10.1 Å². The van der Waals surface area contributed by atoms with E-state index in [1.807, 2.05) is 7.05 Å². The van der Waals surface area contributed by atoms with E-state index in [1.54, 1.807) is 0 Å². The smallest absolute Gasteiger partial charge is 0.0503 e. The van der Waals surface area contributed by atoms with E-state index in [2.05, 4.69) is 12.2 Å². The Bertz CT molecular complexity index is 91.9. The minimum absolute atomic E-state index is 0.340. The minimum atomic E-state index is 0.340. The summed E-state index contributed by atoms with van der Waals surface area (Å²) in [7, 11) is 1.87. The molecule has 0 N–H and O–H groups in total. The molecule has 0 aromatic carbocycles. The van der Waals surface area contributed by atoms with Crippen LogP contribution in [0.5, 0.6) is 0 Å². The summed E-state index contributed by atoms with van der Waals surface area (Å²) in [5.41, 5.74) is 0.340. The Hall–Kier alpha value is -0.0800. The molecule has 0 aromatic rings. The van der Waals surface area contributed by atoms with Crippen molar-refractivity contribution in [3.8, 4) is 0 Å². The first kappa shape index (κ1) is 8.02. The fourth-order valence-electron chi connectivity index (χ4n) is 1.50. The molecular weight excluding hydrogens is 126 g/mol. The van der Waals surface area contributed by atoms with E-state index in [0.29, 0.717) is 5.41 Å². The summed E-state index contributed by atoms with van der Waals surface area (Å²) in [6, 6.07) is 0. The Labute approximate surface area is 63.0 Å². The number of rotatable bonds is 2. The van der Waals surface area contributed by atoms with Crippen molar-refractivity contribution in [3.05, 3.63) is 5.32 Å². The Morgan fingerprint density at radius 3 is 2.90 bits per heavy atom. The predicted octanol–water partition coefficient (Wildman–Crippen LogP) is 1.81. The SMILES string of the molecule is C[N-]CC1(C)CCCOC1. The van der Waals surface area contributed by atoms with Crippen molar-refractivity contribution in [3.63, 3.8) is 0 Å². The molecule has 0 aliphatic carbocycles. The Kier molecular flexibility index (Phi) is 2.69. The molecule has 0 aromatic heterocycles. The number of hydrogen-bond donors (Lipinski definition) is 0. The van der Waals surface area contributed by atoms with E-state index in [1.165, 1.54) is 12.8 Å². The van der Waals surface area contributed by atoms with Gasteiger partial charge in [0.1, 0.15) is 0 Å². The number of hydrogen-bond acceptors (Lipinski definition) is 1. The first-order chi connectivity index (χ1) is 4.77. The lowest BCUT2D eigenvalue weighted by molar-refractivity contribution is 0.0105. The van der Waals surface area contributed by atoms with Gasteiger partial charge in [-0.2, -0.15) is 7.05 Å². The van der Waals surface area contributed by atoms with Crippen molar-refractivity contribution in [2.45, 2.75) is 19.8 Å². The zero-order valence-corrected chi connectivity index (χ0v) is 6.89. The summed E-state index contributed by atoms with van der Waals surface area (Å²) >= 11 is 0. The van der Waals surface area contributed by atoms with Gasteiger partial charge in [0, 0.05) is 6.61 Å². The molecule has 1 aliphatic rings. The second-order valence-corrected chi connectivity index (χ2v) is 3.44. The van der Waals surface area contributed by atoms with E-state index in [9.17, 15) is 0 Å². The maximum Gasteiger partial charge on any atom is 0.0503 e. The third-order valence-electron chi connectivity index (χ3n) is 2.06. The highest BCUT2D eigenvalue weighted by molar-refractivity contribution is 4.88. The average molecular weight is 142 g/mol. The van der Waals surface area contributed by atoms with Gasteiger partial charge in [-0.05, 0) is 18.3 Å². The van der Waals surface area contributed by atoms with Crippen LogP contribution in [0.3, 0.4) is 0 Å². The lowest BCUT2D eigenvalue weighted by atomic mass is 9.85. The second-order valence-electron chi connectivity index (χ2n) is 3.44. The van der Waals surface area contributed by atoms with Gasteiger partial charge >= 0.3 is 0 Å². The summed E-state index contributed by atoms with van der Waals surface area (Å²) in [4.78, 5) is 0. The third-order valence-corrected chi connectivity index (χ3v) is 2.06. The van der Waals surface area contributed by atoms with Gasteiger partial charge in [-0.15, -0.1) is 6.54 Å². The Morgan fingerprint density at radius 2 is 2.40 bits per heavy atom. The molecule has 2 heteroatoms. The van der Waals surface area contributed by atoms with Crippen LogP contribution < -0.4 is 0 Å². The highest BCUT2D eigenvalue weighted by Gasteiger charge is 2.22. The predicted molar refractivity (Wildman–Crippen MR) is 42.3 cm³/mol. The maximum atomic E-state index is 5.38. The van der Waals surface area contributed by atoms with E-state index in [0.717, 1.165) is 19.8 Å². The quantitative estimate of drug-likeness (QED) is 0.576. The fourth-order valence-corrected chi connectivity index (χ4v) is 1.50. The van der Waals surface area contributed by atoms with Crippen LogP contribution in [0.2, 0.25) is 0 Å². The molecule has 0 saturated carbocycles. The van der Waals surface area contributed by atoms with Gasteiger partial charge in [0.2, 0.25) is 0 Å². The van der Waals surface area contributed by atoms with Gasteiger partial charge in [0.25, 0.3) is 0 Å². The lowest BCUT2D eigenvalue weighted by Crippen LogP contribution is -2.31. The van der Waals surface area contributed by atoms with Gasteiger partial charge in [-0.25, -0.2) is 0 Å². The molecule has 2 nitrogen and oxygen atoms in total. The second kappa shape index (κ2) is 3.35. The monoisotopic (exact) mass is 142 g/mol. The van der Waals surface area contributed by atoms with E-state index < -0.39 is 0 Å². The topological polar surface area (TPSA) is 23.3 Å². The minimum Gasteiger partial charge on any atom is -0.664 e. The van der Waals surface area contributed by atoms with Crippen molar-refractivity contribution in [1.29, 1.82) is 0 Å². The molecule has 0 amide bonds. The molecule has 1 heterocycles. The molecule has 0 spiro atoms. The molecule has 60 valence electrons. The summed E-state index contributed by atoms with van der Waals surface area (Å²) in [6.07, 6.45) is 2.47. The molecule has 0 bridgehead atoms. The van der Waals surface area contributed by atoms with Crippen LogP contribution in [0, 0.1) is 5.41 Å². The van der Waals surface area contributed by atoms with Crippen molar-refractivity contribution < 1.29 is 4.74 Å². The molecule has 1 saturated heterocycles. The summed E-state index contributed by atoms with van der Waals surface area (Å²) < 4.78 is 5.38. The van der Waals surface area contributed by atoms with Gasteiger partial charge in [0.05, 0.1) is 6.61 Å². The largest absolute Gasteiger partial charge is 0.664 e. The zero-order chi connectivity index (χ0) is 7.45. The molecule has 1 fully saturated rings. The number of nitrogens with zero attached hydrogens (tertiary/aromatic N) is 1. The first-order valence-electron chi connectivity index (χ1n) is 3.90. The van der Waals surface area contributed by atoms with Crippen LogP contribution in [0.25, 0.3) is 5.32 Å². The van der Waals surface area contributed by atoms with Crippen molar-refractivity contribution >= 4 is 0 Å². The highest BCUT2D eigenvalue weighted by atomic mass is 16.5. The molecule has 1 aliphatic heterocycles. The molecule has 1 atom stereocenters. The summed E-state index contributed by atoms with van der Waals surface area (Å²) in [5, 5.41) is 4.15. The van der Waals surface area contributed by atoms with Gasteiger partial charge in [-0.3, -0.25) is 0 Å². The van der Waals surface area contributed by atoms with Crippen LogP contribution in [0.4, 0.5) is 0 Å². The van der Waals surface area contributed by atoms with Crippen LogP contribution in [-0.2, 0) is 4.74 Å². The Balaban J connectivity index is 2.32. The van der Waals surface area contributed by atoms with E-state index in [-0.39, 0.29) is 0 Å². The molecule has 0 radical (unpaired) electrons. The summed E-state index contributed by atoms with van der Waals surface area (Å²) in [6.45, 7) is 5.04.